The van der Waals surface area contributed by atoms with Gasteiger partial charge < -0.3 is 5.11 Å². The molecule has 20 heavy (non-hydrogen) atoms. The van der Waals surface area contributed by atoms with Crippen molar-refractivity contribution in [3.63, 3.8) is 0 Å². The van der Waals surface area contributed by atoms with Gasteiger partial charge >= 0.3 is 0 Å². The fraction of sp³-hybridized carbons (Fsp3) is 0.438. The number of nitrogens with zero attached hydrogens (tertiary/aromatic N) is 2. The van der Waals surface area contributed by atoms with Gasteiger partial charge in [-0.05, 0) is 25.0 Å². The van der Waals surface area contributed by atoms with Gasteiger partial charge in [0, 0.05) is 27.9 Å². The summed E-state index contributed by atoms with van der Waals surface area (Å²) in [6, 6.07) is 4.30. The number of aromatic nitrogens is 2. The molecule has 0 fully saturated rings. The molecular weight excluding hydrogens is 268 g/mol. The predicted octanol–water partition coefficient (Wildman–Crippen LogP) is 2.85. The molecular formula is C16H20N2OS. The van der Waals surface area contributed by atoms with Crippen LogP contribution in [0.5, 0.6) is 0 Å². The third-order valence-corrected chi connectivity index (χ3v) is 3.99. The first-order valence-electron chi connectivity index (χ1n) is 6.99. The second kappa shape index (κ2) is 7.28. The van der Waals surface area contributed by atoms with E-state index in [1.807, 2.05) is 0 Å². The minimum Gasteiger partial charge on any atom is -0.395 e. The van der Waals surface area contributed by atoms with Gasteiger partial charge in [-0.1, -0.05) is 25.7 Å². The normalized spacial score (nSPS) is 10.3. The minimum atomic E-state index is 0.122. The highest BCUT2D eigenvalue weighted by Gasteiger charge is 2.07. The highest BCUT2D eigenvalue weighted by atomic mass is 32.1. The van der Waals surface area contributed by atoms with Crippen LogP contribution in [-0.4, -0.2) is 21.5 Å². The maximum Gasteiger partial charge on any atom is 0.0755 e. The first kappa shape index (κ1) is 14.8. The van der Waals surface area contributed by atoms with Crippen molar-refractivity contribution < 1.29 is 5.11 Å². The van der Waals surface area contributed by atoms with Crippen molar-refractivity contribution in [1.29, 1.82) is 0 Å². The summed E-state index contributed by atoms with van der Waals surface area (Å²) in [6.07, 6.45) is 2.51. The van der Waals surface area contributed by atoms with Crippen LogP contribution in [0.3, 0.4) is 0 Å². The molecule has 0 bridgehead atoms. The minimum absolute atomic E-state index is 0.122. The van der Waals surface area contributed by atoms with E-state index in [1.165, 1.54) is 10.6 Å². The number of rotatable bonds is 5. The Balaban J connectivity index is 2.10. The van der Waals surface area contributed by atoms with E-state index in [-0.39, 0.29) is 6.61 Å². The van der Waals surface area contributed by atoms with Crippen LogP contribution >= 0.6 is 11.3 Å². The van der Waals surface area contributed by atoms with Crippen molar-refractivity contribution in [2.24, 2.45) is 0 Å². The van der Waals surface area contributed by atoms with Gasteiger partial charge in [0.25, 0.3) is 0 Å². The van der Waals surface area contributed by atoms with Crippen LogP contribution in [-0.2, 0) is 19.4 Å². The molecule has 2 rings (SSSR count). The molecule has 0 saturated heterocycles. The van der Waals surface area contributed by atoms with Crippen molar-refractivity contribution in [3.8, 4) is 11.8 Å². The van der Waals surface area contributed by atoms with Crippen LogP contribution in [0, 0.1) is 11.8 Å². The Labute approximate surface area is 124 Å². The highest BCUT2D eigenvalue weighted by Crippen LogP contribution is 2.17. The lowest BCUT2D eigenvalue weighted by Crippen LogP contribution is -2.04. The van der Waals surface area contributed by atoms with Crippen molar-refractivity contribution in [1.82, 2.24) is 9.78 Å². The van der Waals surface area contributed by atoms with E-state index in [1.54, 1.807) is 11.3 Å². The van der Waals surface area contributed by atoms with Crippen molar-refractivity contribution in [3.05, 3.63) is 39.3 Å². The summed E-state index contributed by atoms with van der Waals surface area (Å²) in [6.45, 7) is 5.23. The van der Waals surface area contributed by atoms with Gasteiger partial charge in [0.2, 0.25) is 0 Å². The SMILES string of the molecule is CCc1cc(CC)n(Cc2cc(C#CCCO)cs2)n1. The largest absolute Gasteiger partial charge is 0.395 e. The molecule has 0 spiro atoms. The summed E-state index contributed by atoms with van der Waals surface area (Å²) < 4.78 is 2.09. The van der Waals surface area contributed by atoms with Crippen LogP contribution in [0.2, 0.25) is 0 Å². The van der Waals surface area contributed by atoms with Crippen LogP contribution in [0.4, 0.5) is 0 Å². The van der Waals surface area contributed by atoms with E-state index in [2.05, 4.69) is 53.0 Å². The Kier molecular flexibility index (Phi) is 5.40. The first-order valence-corrected chi connectivity index (χ1v) is 7.87. The van der Waals surface area contributed by atoms with Crippen LogP contribution in [0.25, 0.3) is 0 Å². The molecule has 0 amide bonds. The number of aliphatic hydroxyl groups excluding tert-OH is 1. The van der Waals surface area contributed by atoms with Crippen LogP contribution in [0.1, 0.15) is 42.1 Å². The number of aryl methyl sites for hydroxylation is 2. The van der Waals surface area contributed by atoms with Crippen molar-refractivity contribution in [2.45, 2.75) is 39.7 Å². The van der Waals surface area contributed by atoms with E-state index in [9.17, 15) is 0 Å². The predicted molar refractivity (Wildman–Crippen MR) is 83.0 cm³/mol. The summed E-state index contributed by atoms with van der Waals surface area (Å²) in [4.78, 5) is 1.26. The molecule has 2 heterocycles. The Hall–Kier alpha value is -1.57. The highest BCUT2D eigenvalue weighted by molar-refractivity contribution is 7.10. The average molecular weight is 288 g/mol. The monoisotopic (exact) mass is 288 g/mol. The Morgan fingerprint density at radius 3 is 2.85 bits per heavy atom. The molecule has 0 aliphatic carbocycles. The second-order valence-electron chi connectivity index (χ2n) is 4.57. The topological polar surface area (TPSA) is 38.0 Å². The smallest absolute Gasteiger partial charge is 0.0755 e. The zero-order chi connectivity index (χ0) is 14.4. The van der Waals surface area contributed by atoms with E-state index in [0.717, 1.165) is 30.6 Å². The van der Waals surface area contributed by atoms with E-state index in [4.69, 9.17) is 5.11 Å². The van der Waals surface area contributed by atoms with Gasteiger partial charge in [0.05, 0.1) is 18.8 Å². The molecule has 0 radical (unpaired) electrons. The molecule has 0 aliphatic heterocycles. The summed E-state index contributed by atoms with van der Waals surface area (Å²) in [5.41, 5.74) is 3.46. The average Bonchev–Trinajstić information content (AvgIpc) is 3.06. The zero-order valence-electron chi connectivity index (χ0n) is 12.0. The maximum atomic E-state index is 8.72. The standard InChI is InChI=1S/C16H20N2OS/c1-3-14-10-15(4-2)18(17-14)11-16-9-13(12-20-16)7-5-6-8-19/h9-10,12,19H,3-4,6,8,11H2,1-2H3. The number of thiophene rings is 1. The van der Waals surface area contributed by atoms with Crippen molar-refractivity contribution >= 4 is 11.3 Å². The molecule has 0 aromatic carbocycles. The molecule has 0 saturated carbocycles. The lowest BCUT2D eigenvalue weighted by molar-refractivity contribution is 0.305. The van der Waals surface area contributed by atoms with Gasteiger partial charge in [-0.25, -0.2) is 0 Å². The zero-order valence-corrected chi connectivity index (χ0v) is 12.8. The Bertz CT molecular complexity index is 616. The van der Waals surface area contributed by atoms with Gasteiger partial charge in [0.1, 0.15) is 0 Å². The second-order valence-corrected chi connectivity index (χ2v) is 5.56. The molecule has 1 N–H and O–H groups in total. The van der Waals surface area contributed by atoms with E-state index >= 15 is 0 Å². The number of hydrogen-bond donors (Lipinski definition) is 1. The van der Waals surface area contributed by atoms with Crippen molar-refractivity contribution in [2.75, 3.05) is 6.61 Å². The quantitative estimate of drug-likeness (QED) is 0.859. The number of aliphatic hydroxyl groups is 1. The van der Waals surface area contributed by atoms with Gasteiger partial charge in [0.15, 0.2) is 0 Å². The molecule has 2 aromatic rings. The molecule has 0 unspecified atom stereocenters. The Morgan fingerprint density at radius 1 is 1.30 bits per heavy atom. The molecule has 106 valence electrons. The molecule has 4 heteroatoms. The first-order chi connectivity index (χ1) is 9.76. The Morgan fingerprint density at radius 2 is 2.15 bits per heavy atom. The fourth-order valence-corrected chi connectivity index (χ4v) is 2.80. The summed E-state index contributed by atoms with van der Waals surface area (Å²) in [5, 5.41) is 15.4. The fourth-order valence-electron chi connectivity index (χ4n) is 2.01. The molecule has 0 atom stereocenters. The summed E-state index contributed by atoms with van der Waals surface area (Å²) >= 11 is 1.71. The maximum absolute atomic E-state index is 8.72. The van der Waals surface area contributed by atoms with Crippen LogP contribution in [0.15, 0.2) is 17.5 Å². The molecule has 3 nitrogen and oxygen atoms in total. The third kappa shape index (κ3) is 3.72. The lowest BCUT2D eigenvalue weighted by atomic mass is 10.2. The lowest BCUT2D eigenvalue weighted by Gasteiger charge is -2.03. The molecule has 0 aliphatic rings. The van der Waals surface area contributed by atoms with Gasteiger partial charge in [-0.15, -0.1) is 11.3 Å². The summed E-state index contributed by atoms with van der Waals surface area (Å²) in [7, 11) is 0. The van der Waals surface area contributed by atoms with E-state index < -0.39 is 0 Å². The third-order valence-electron chi connectivity index (χ3n) is 3.07. The molecule has 2 aromatic heterocycles. The van der Waals surface area contributed by atoms with Gasteiger partial charge in [-0.3, -0.25) is 4.68 Å². The summed E-state index contributed by atoms with van der Waals surface area (Å²) in [5.74, 6) is 6.02. The van der Waals surface area contributed by atoms with Crippen LogP contribution < -0.4 is 0 Å². The number of hydrogen-bond acceptors (Lipinski definition) is 3. The van der Waals surface area contributed by atoms with Gasteiger partial charge in [-0.2, -0.15) is 5.10 Å². The van der Waals surface area contributed by atoms with E-state index in [0.29, 0.717) is 6.42 Å².